The summed E-state index contributed by atoms with van der Waals surface area (Å²) in [7, 11) is 1.70. The van der Waals surface area contributed by atoms with Crippen LogP contribution in [0.5, 0.6) is 11.5 Å². The lowest BCUT2D eigenvalue weighted by atomic mass is 10.1. The van der Waals surface area contributed by atoms with Crippen molar-refractivity contribution in [3.05, 3.63) is 59.7 Å². The molecule has 1 heterocycles. The summed E-state index contributed by atoms with van der Waals surface area (Å²) in [6.07, 6.45) is -0.0583. The molecule has 27 heavy (non-hydrogen) atoms. The molecule has 0 aliphatic carbocycles. The van der Waals surface area contributed by atoms with Gasteiger partial charge in [0.25, 0.3) is 0 Å². The molecule has 3 rings (SSSR count). The van der Waals surface area contributed by atoms with Crippen molar-refractivity contribution in [1.29, 1.82) is 0 Å². The number of benzene rings is 2. The normalized spacial score (nSPS) is 16.1. The number of nitrogens with zero attached hydrogens (tertiary/aromatic N) is 1. The van der Waals surface area contributed by atoms with E-state index in [9.17, 15) is 0 Å². The maximum atomic E-state index is 5.98. The Balaban J connectivity index is 1.53. The molecule has 0 amide bonds. The first-order chi connectivity index (χ1) is 13.3. The largest absolute Gasteiger partial charge is 0.486 e. The summed E-state index contributed by atoms with van der Waals surface area (Å²) in [5.74, 6) is 2.35. The van der Waals surface area contributed by atoms with Crippen molar-refractivity contribution in [3.8, 4) is 11.5 Å². The van der Waals surface area contributed by atoms with Gasteiger partial charge >= 0.3 is 0 Å². The van der Waals surface area contributed by atoms with Crippen LogP contribution in [-0.2, 0) is 17.9 Å². The smallest absolute Gasteiger partial charge is 0.191 e. The van der Waals surface area contributed by atoms with Gasteiger partial charge in [-0.25, -0.2) is 4.99 Å². The summed E-state index contributed by atoms with van der Waals surface area (Å²) in [6, 6.07) is 16.0. The molecule has 0 bridgehead atoms. The van der Waals surface area contributed by atoms with Crippen LogP contribution in [0, 0.1) is 0 Å². The Morgan fingerprint density at radius 3 is 2.56 bits per heavy atom. The van der Waals surface area contributed by atoms with E-state index < -0.39 is 0 Å². The van der Waals surface area contributed by atoms with Crippen molar-refractivity contribution in [3.63, 3.8) is 0 Å². The van der Waals surface area contributed by atoms with Crippen LogP contribution in [0.1, 0.15) is 18.1 Å². The van der Waals surface area contributed by atoms with Gasteiger partial charge in [0.15, 0.2) is 17.5 Å². The van der Waals surface area contributed by atoms with E-state index in [4.69, 9.17) is 14.2 Å². The van der Waals surface area contributed by atoms with Crippen LogP contribution < -0.4 is 20.1 Å². The Bertz CT molecular complexity index is 747. The van der Waals surface area contributed by atoms with E-state index in [-0.39, 0.29) is 6.10 Å². The molecule has 0 spiro atoms. The molecule has 0 aromatic heterocycles. The number of methoxy groups -OCH3 is 1. The third kappa shape index (κ3) is 5.62. The van der Waals surface area contributed by atoms with Gasteiger partial charge in [0.1, 0.15) is 12.7 Å². The van der Waals surface area contributed by atoms with E-state index >= 15 is 0 Å². The maximum Gasteiger partial charge on any atom is 0.191 e. The maximum absolute atomic E-state index is 5.98. The zero-order valence-corrected chi connectivity index (χ0v) is 15.9. The fraction of sp³-hybridized carbons (Fsp3) is 0.381. The fourth-order valence-electron chi connectivity index (χ4n) is 2.79. The number of rotatable bonds is 7. The zero-order chi connectivity index (χ0) is 18.9. The summed E-state index contributed by atoms with van der Waals surface area (Å²) in [5.41, 5.74) is 2.31. The minimum Gasteiger partial charge on any atom is -0.486 e. The first-order valence-corrected chi connectivity index (χ1v) is 9.26. The number of para-hydroxylation sites is 2. The Kier molecular flexibility index (Phi) is 6.93. The molecule has 2 aromatic carbocycles. The highest BCUT2D eigenvalue weighted by Crippen LogP contribution is 2.30. The molecule has 0 saturated carbocycles. The van der Waals surface area contributed by atoms with Gasteiger partial charge in [-0.2, -0.15) is 0 Å². The lowest BCUT2D eigenvalue weighted by molar-refractivity contribution is 0.0936. The lowest BCUT2D eigenvalue weighted by Gasteiger charge is -2.27. The van der Waals surface area contributed by atoms with E-state index in [1.54, 1.807) is 7.11 Å². The second-order valence-corrected chi connectivity index (χ2v) is 6.32. The molecule has 1 aliphatic heterocycles. The van der Waals surface area contributed by atoms with Crippen molar-refractivity contribution in [2.45, 2.75) is 26.2 Å². The van der Waals surface area contributed by atoms with Crippen molar-refractivity contribution < 1.29 is 14.2 Å². The Morgan fingerprint density at radius 2 is 1.81 bits per heavy atom. The average molecular weight is 369 g/mol. The summed E-state index contributed by atoms with van der Waals surface area (Å²) >= 11 is 0. The van der Waals surface area contributed by atoms with Gasteiger partial charge in [0.2, 0.25) is 0 Å². The summed E-state index contributed by atoms with van der Waals surface area (Å²) in [5, 5.41) is 6.60. The van der Waals surface area contributed by atoms with E-state index in [0.717, 1.165) is 35.1 Å². The summed E-state index contributed by atoms with van der Waals surface area (Å²) in [6.45, 7) is 5.21. The number of aliphatic imine (C=N–C) groups is 1. The number of hydrogen-bond acceptors (Lipinski definition) is 4. The molecule has 0 saturated heterocycles. The van der Waals surface area contributed by atoms with Crippen LogP contribution in [0.4, 0.5) is 0 Å². The van der Waals surface area contributed by atoms with Crippen molar-refractivity contribution in [2.24, 2.45) is 4.99 Å². The van der Waals surface area contributed by atoms with Gasteiger partial charge in [-0.15, -0.1) is 0 Å². The number of guanidine groups is 1. The fourth-order valence-corrected chi connectivity index (χ4v) is 2.79. The second kappa shape index (κ2) is 9.83. The molecule has 144 valence electrons. The SMILES string of the molecule is CCNC(=NCc1ccc(COC)cc1)NCC1COc2ccccc2O1. The molecule has 0 radical (unpaired) electrons. The number of hydrogen-bond donors (Lipinski definition) is 2. The highest BCUT2D eigenvalue weighted by atomic mass is 16.6. The van der Waals surface area contributed by atoms with Crippen LogP contribution >= 0.6 is 0 Å². The van der Waals surface area contributed by atoms with Crippen molar-refractivity contribution in [1.82, 2.24) is 10.6 Å². The van der Waals surface area contributed by atoms with Gasteiger partial charge in [-0.05, 0) is 30.2 Å². The Labute approximate surface area is 160 Å². The first-order valence-electron chi connectivity index (χ1n) is 9.26. The highest BCUT2D eigenvalue weighted by Gasteiger charge is 2.20. The van der Waals surface area contributed by atoms with E-state index in [0.29, 0.717) is 26.3 Å². The van der Waals surface area contributed by atoms with E-state index in [1.165, 1.54) is 0 Å². The third-order valence-corrected chi connectivity index (χ3v) is 4.16. The van der Waals surface area contributed by atoms with Gasteiger partial charge < -0.3 is 24.8 Å². The second-order valence-electron chi connectivity index (χ2n) is 6.32. The average Bonchev–Trinajstić information content (AvgIpc) is 2.71. The third-order valence-electron chi connectivity index (χ3n) is 4.16. The molecular formula is C21H27N3O3. The molecule has 1 aliphatic rings. The van der Waals surface area contributed by atoms with Crippen LogP contribution in [0.25, 0.3) is 0 Å². The summed E-state index contributed by atoms with van der Waals surface area (Å²) in [4.78, 5) is 4.65. The monoisotopic (exact) mass is 369 g/mol. The van der Waals surface area contributed by atoms with Crippen LogP contribution in [0.15, 0.2) is 53.5 Å². The predicted octanol–water partition coefficient (Wildman–Crippen LogP) is 2.73. The topological polar surface area (TPSA) is 64.1 Å². The quantitative estimate of drug-likeness (QED) is 0.580. The van der Waals surface area contributed by atoms with E-state index in [2.05, 4.69) is 39.9 Å². The standard InChI is InChI=1S/C21H27N3O3/c1-3-22-21(23-12-16-8-10-17(11-9-16)14-25-2)24-13-18-15-26-19-6-4-5-7-20(19)27-18/h4-11,18H,3,12-15H2,1-2H3,(H2,22,23,24). The van der Waals surface area contributed by atoms with Crippen LogP contribution in [0.3, 0.4) is 0 Å². The number of fused-ring (bicyclic) bond motifs is 1. The Hall–Kier alpha value is -2.73. The van der Waals surface area contributed by atoms with Gasteiger partial charge in [0.05, 0.1) is 19.7 Å². The molecule has 1 unspecified atom stereocenters. The number of nitrogens with one attached hydrogen (secondary N) is 2. The molecule has 6 heteroatoms. The molecular weight excluding hydrogens is 342 g/mol. The lowest BCUT2D eigenvalue weighted by Crippen LogP contribution is -2.45. The predicted molar refractivity (Wildman–Crippen MR) is 106 cm³/mol. The zero-order valence-electron chi connectivity index (χ0n) is 15.9. The highest BCUT2D eigenvalue weighted by molar-refractivity contribution is 5.79. The Morgan fingerprint density at radius 1 is 1.07 bits per heavy atom. The molecule has 0 fully saturated rings. The van der Waals surface area contributed by atoms with Gasteiger partial charge in [-0.3, -0.25) is 0 Å². The van der Waals surface area contributed by atoms with Crippen molar-refractivity contribution >= 4 is 5.96 Å². The molecule has 2 N–H and O–H groups in total. The molecule has 6 nitrogen and oxygen atoms in total. The molecule has 1 atom stereocenters. The van der Waals surface area contributed by atoms with Crippen LogP contribution in [0.2, 0.25) is 0 Å². The molecule has 2 aromatic rings. The number of ether oxygens (including phenoxy) is 3. The minimum atomic E-state index is -0.0583. The van der Waals surface area contributed by atoms with Crippen LogP contribution in [-0.4, -0.2) is 38.9 Å². The van der Waals surface area contributed by atoms with Gasteiger partial charge in [-0.1, -0.05) is 36.4 Å². The first kappa shape index (κ1) is 19.0. The summed E-state index contributed by atoms with van der Waals surface area (Å²) < 4.78 is 16.9. The van der Waals surface area contributed by atoms with Crippen molar-refractivity contribution in [2.75, 3.05) is 26.8 Å². The minimum absolute atomic E-state index is 0.0583. The van der Waals surface area contributed by atoms with E-state index in [1.807, 2.05) is 31.2 Å². The van der Waals surface area contributed by atoms with Gasteiger partial charge in [0, 0.05) is 13.7 Å².